The molecule has 0 aliphatic carbocycles. The zero-order chi connectivity index (χ0) is 20.6. The lowest BCUT2D eigenvalue weighted by molar-refractivity contribution is -0.123. The Bertz CT molecular complexity index is 1020. The molecule has 0 saturated carbocycles. The molecule has 1 heterocycles. The van der Waals surface area contributed by atoms with E-state index in [9.17, 15) is 9.59 Å². The van der Waals surface area contributed by atoms with E-state index in [1.165, 1.54) is 13.0 Å². The number of para-hydroxylation sites is 1. The molecule has 0 radical (unpaired) electrons. The number of ether oxygens (including phenoxy) is 2. The fourth-order valence-corrected chi connectivity index (χ4v) is 2.38. The number of amides is 1. The van der Waals surface area contributed by atoms with Crippen molar-refractivity contribution in [3.63, 3.8) is 0 Å². The number of carbonyl (C=O) groups excluding carboxylic acids is 2. The molecule has 1 aromatic heterocycles. The SMILES string of the molecule is CC(OC(=O)c1ccc(COc2ccccc2)o1)C(=O)Nc1ccc(C#N)cc1. The van der Waals surface area contributed by atoms with Crippen LogP contribution in [0.3, 0.4) is 0 Å². The zero-order valence-corrected chi connectivity index (χ0v) is 15.6. The van der Waals surface area contributed by atoms with Crippen molar-refractivity contribution in [1.29, 1.82) is 5.26 Å². The highest BCUT2D eigenvalue weighted by atomic mass is 16.6. The van der Waals surface area contributed by atoms with Gasteiger partial charge in [-0.25, -0.2) is 4.79 Å². The molecule has 0 bridgehead atoms. The van der Waals surface area contributed by atoms with Gasteiger partial charge in [0.15, 0.2) is 6.10 Å². The number of benzene rings is 2. The summed E-state index contributed by atoms with van der Waals surface area (Å²) in [6.07, 6.45) is -1.03. The number of carbonyl (C=O) groups is 2. The second-order valence-corrected chi connectivity index (χ2v) is 6.09. The quantitative estimate of drug-likeness (QED) is 0.614. The molecule has 0 saturated heterocycles. The van der Waals surface area contributed by atoms with E-state index in [0.29, 0.717) is 22.8 Å². The first-order valence-corrected chi connectivity index (χ1v) is 8.84. The van der Waals surface area contributed by atoms with Crippen LogP contribution in [0.15, 0.2) is 71.1 Å². The first-order chi connectivity index (χ1) is 14.0. The van der Waals surface area contributed by atoms with Crippen LogP contribution in [0.4, 0.5) is 5.69 Å². The van der Waals surface area contributed by atoms with E-state index in [4.69, 9.17) is 19.2 Å². The maximum absolute atomic E-state index is 12.2. The minimum Gasteiger partial charge on any atom is -0.486 e. The number of hydrogen-bond acceptors (Lipinski definition) is 6. The number of nitrogens with zero attached hydrogens (tertiary/aromatic N) is 1. The summed E-state index contributed by atoms with van der Waals surface area (Å²) < 4.78 is 16.1. The average molecular weight is 390 g/mol. The summed E-state index contributed by atoms with van der Waals surface area (Å²) in [6.45, 7) is 1.62. The lowest BCUT2D eigenvalue weighted by atomic mass is 10.2. The van der Waals surface area contributed by atoms with Gasteiger partial charge in [-0.05, 0) is 55.5 Å². The zero-order valence-electron chi connectivity index (χ0n) is 15.6. The highest BCUT2D eigenvalue weighted by Crippen LogP contribution is 2.15. The summed E-state index contributed by atoms with van der Waals surface area (Å²) in [5.74, 6) is -0.132. The average Bonchev–Trinajstić information content (AvgIpc) is 3.23. The molecule has 3 rings (SSSR count). The van der Waals surface area contributed by atoms with Crippen molar-refractivity contribution in [1.82, 2.24) is 0 Å². The van der Waals surface area contributed by atoms with Gasteiger partial charge in [-0.3, -0.25) is 4.79 Å². The van der Waals surface area contributed by atoms with Gasteiger partial charge in [0.05, 0.1) is 11.6 Å². The van der Waals surface area contributed by atoms with Crippen molar-refractivity contribution in [3.05, 3.63) is 83.8 Å². The topological polar surface area (TPSA) is 102 Å². The molecule has 1 atom stereocenters. The monoisotopic (exact) mass is 390 g/mol. The first-order valence-electron chi connectivity index (χ1n) is 8.84. The minimum absolute atomic E-state index is 0.0188. The lowest BCUT2D eigenvalue weighted by Crippen LogP contribution is -2.29. The number of esters is 1. The van der Waals surface area contributed by atoms with Crippen molar-refractivity contribution >= 4 is 17.6 Å². The van der Waals surface area contributed by atoms with Crippen LogP contribution >= 0.6 is 0 Å². The summed E-state index contributed by atoms with van der Waals surface area (Å²) in [6, 6.07) is 20.6. The number of rotatable bonds is 7. The van der Waals surface area contributed by atoms with Crippen molar-refractivity contribution in [2.45, 2.75) is 19.6 Å². The van der Waals surface area contributed by atoms with Gasteiger partial charge >= 0.3 is 5.97 Å². The molecule has 0 spiro atoms. The second kappa shape index (κ2) is 9.24. The van der Waals surface area contributed by atoms with Crippen molar-refractivity contribution in [2.75, 3.05) is 5.32 Å². The maximum atomic E-state index is 12.2. The number of nitrogens with one attached hydrogen (secondary N) is 1. The number of anilines is 1. The molecular weight excluding hydrogens is 372 g/mol. The molecule has 3 aromatic rings. The van der Waals surface area contributed by atoms with Gasteiger partial charge in [-0.15, -0.1) is 0 Å². The van der Waals surface area contributed by atoms with Crippen molar-refractivity contribution < 1.29 is 23.5 Å². The van der Waals surface area contributed by atoms with E-state index in [1.54, 1.807) is 30.3 Å². The smallest absolute Gasteiger partial charge is 0.375 e. The van der Waals surface area contributed by atoms with Crippen LogP contribution in [-0.2, 0) is 16.1 Å². The van der Waals surface area contributed by atoms with Crippen molar-refractivity contribution in [2.24, 2.45) is 0 Å². The van der Waals surface area contributed by atoms with Gasteiger partial charge < -0.3 is 19.2 Å². The molecule has 146 valence electrons. The van der Waals surface area contributed by atoms with Gasteiger partial charge in [-0.1, -0.05) is 18.2 Å². The third kappa shape index (κ3) is 5.47. The standard InChI is InChI=1S/C22H18N2O5/c1-15(21(25)24-17-9-7-16(13-23)8-10-17)28-22(26)20-12-11-19(29-20)14-27-18-5-3-2-4-6-18/h2-12,15H,14H2,1H3,(H,24,25). The fourth-order valence-electron chi connectivity index (χ4n) is 2.38. The summed E-state index contributed by atoms with van der Waals surface area (Å²) in [5, 5.41) is 11.4. The number of nitriles is 1. The van der Waals surface area contributed by atoms with Crippen LogP contribution in [0.5, 0.6) is 5.75 Å². The fraction of sp³-hybridized carbons (Fsp3) is 0.136. The van der Waals surface area contributed by atoms with Crippen LogP contribution in [0, 0.1) is 11.3 Å². The van der Waals surface area contributed by atoms with Gasteiger partial charge in [0.1, 0.15) is 18.1 Å². The predicted molar refractivity (Wildman–Crippen MR) is 104 cm³/mol. The lowest BCUT2D eigenvalue weighted by Gasteiger charge is -2.12. The van der Waals surface area contributed by atoms with Gasteiger partial charge in [0.2, 0.25) is 5.76 Å². The number of hydrogen-bond donors (Lipinski definition) is 1. The highest BCUT2D eigenvalue weighted by Gasteiger charge is 2.21. The van der Waals surface area contributed by atoms with Gasteiger partial charge in [-0.2, -0.15) is 5.26 Å². The summed E-state index contributed by atoms with van der Waals surface area (Å²) in [7, 11) is 0. The molecule has 0 aliphatic rings. The molecular formula is C22H18N2O5. The van der Waals surface area contributed by atoms with E-state index >= 15 is 0 Å². The molecule has 1 unspecified atom stereocenters. The third-order valence-electron chi connectivity index (χ3n) is 3.92. The Kier molecular flexibility index (Phi) is 6.28. The van der Waals surface area contributed by atoms with E-state index in [-0.39, 0.29) is 12.4 Å². The Morgan fingerprint density at radius 2 is 1.79 bits per heavy atom. The Morgan fingerprint density at radius 1 is 1.07 bits per heavy atom. The Morgan fingerprint density at radius 3 is 2.48 bits per heavy atom. The molecule has 29 heavy (non-hydrogen) atoms. The number of furan rings is 1. The molecule has 7 nitrogen and oxygen atoms in total. The first kappa shape index (κ1) is 19.7. The summed E-state index contributed by atoms with van der Waals surface area (Å²) >= 11 is 0. The third-order valence-corrected chi connectivity index (χ3v) is 3.92. The Balaban J connectivity index is 1.51. The summed E-state index contributed by atoms with van der Waals surface area (Å²) in [5.41, 5.74) is 0.975. The second-order valence-electron chi connectivity index (χ2n) is 6.09. The Hall–Kier alpha value is -4.05. The largest absolute Gasteiger partial charge is 0.486 e. The molecule has 7 heteroatoms. The minimum atomic E-state index is -1.03. The van der Waals surface area contributed by atoms with Gasteiger partial charge in [0, 0.05) is 5.69 Å². The molecule has 2 aromatic carbocycles. The van der Waals surface area contributed by atoms with E-state index in [0.717, 1.165) is 0 Å². The van der Waals surface area contributed by atoms with Crippen LogP contribution < -0.4 is 10.1 Å². The predicted octanol–water partition coefficient (Wildman–Crippen LogP) is 3.91. The van der Waals surface area contributed by atoms with E-state index < -0.39 is 18.0 Å². The highest BCUT2D eigenvalue weighted by molar-refractivity contribution is 5.96. The van der Waals surface area contributed by atoms with E-state index in [1.807, 2.05) is 36.4 Å². The molecule has 1 N–H and O–H groups in total. The molecule has 1 amide bonds. The van der Waals surface area contributed by atoms with Gasteiger partial charge in [0.25, 0.3) is 5.91 Å². The normalized spacial score (nSPS) is 11.2. The molecule has 0 fully saturated rings. The van der Waals surface area contributed by atoms with Crippen LogP contribution in [0.25, 0.3) is 0 Å². The maximum Gasteiger partial charge on any atom is 0.375 e. The van der Waals surface area contributed by atoms with Crippen LogP contribution in [-0.4, -0.2) is 18.0 Å². The van der Waals surface area contributed by atoms with E-state index in [2.05, 4.69) is 5.32 Å². The molecule has 0 aliphatic heterocycles. The summed E-state index contributed by atoms with van der Waals surface area (Å²) in [4.78, 5) is 24.4. The van der Waals surface area contributed by atoms with Crippen LogP contribution in [0.2, 0.25) is 0 Å². The Labute approximate surface area is 167 Å². The van der Waals surface area contributed by atoms with Crippen LogP contribution in [0.1, 0.15) is 28.8 Å². The van der Waals surface area contributed by atoms with Crippen molar-refractivity contribution in [3.8, 4) is 11.8 Å².